The lowest BCUT2D eigenvalue weighted by atomic mass is 9.74. The highest BCUT2D eigenvalue weighted by Crippen LogP contribution is 2.73. The smallest absolute Gasteiger partial charge is 0.279 e. The number of methoxy groups -OCH3 is 1. The first-order valence-electron chi connectivity index (χ1n) is 13.0. The Labute approximate surface area is 219 Å². The quantitative estimate of drug-likeness (QED) is 0.457. The van der Waals surface area contributed by atoms with Gasteiger partial charge in [0.2, 0.25) is 0 Å². The Hall–Kier alpha value is -2.74. The first-order valence-corrected chi connectivity index (χ1v) is 13.0. The van der Waals surface area contributed by atoms with E-state index in [0.29, 0.717) is 6.61 Å². The highest BCUT2D eigenvalue weighted by molar-refractivity contribution is 5.45. The van der Waals surface area contributed by atoms with Gasteiger partial charge in [0.15, 0.2) is 11.2 Å². The zero-order valence-electron chi connectivity index (χ0n) is 22.4. The molecule has 3 aliphatic heterocycles. The molecule has 0 saturated carbocycles. The van der Waals surface area contributed by atoms with Crippen LogP contribution < -0.4 is 10.1 Å². The van der Waals surface area contributed by atoms with Crippen LogP contribution in [0.25, 0.3) is 0 Å². The van der Waals surface area contributed by atoms with Gasteiger partial charge in [-0.1, -0.05) is 72.8 Å². The number of fused-ring (bicyclic) bond motifs is 2. The third-order valence-electron chi connectivity index (χ3n) is 8.31. The molecule has 0 bridgehead atoms. The van der Waals surface area contributed by atoms with Gasteiger partial charge >= 0.3 is 0 Å². The molecule has 3 heterocycles. The standard InChI is InChI=1S/C31H36N2O4/c1-27(2)21-35-31(32-27)29(5)30(36-29,24-15-11-8-12-16-24)26(22-17-19-25(34-6)20-18-22)33(37-31)28(3,4)23-13-9-7-10-14-23/h7-20,26,32H,21H2,1-6H3/t26-,29-,30-,31+/m0/s1. The molecular formula is C31H36N2O4. The van der Waals surface area contributed by atoms with Crippen LogP contribution in [0.4, 0.5) is 0 Å². The van der Waals surface area contributed by atoms with Crippen molar-refractivity contribution in [3.05, 3.63) is 102 Å². The molecule has 4 atom stereocenters. The predicted molar refractivity (Wildman–Crippen MR) is 142 cm³/mol. The normalized spacial score (nSPS) is 32.8. The molecule has 3 saturated heterocycles. The molecule has 0 radical (unpaired) electrons. The lowest BCUT2D eigenvalue weighted by Gasteiger charge is -2.53. The van der Waals surface area contributed by atoms with Gasteiger partial charge in [-0.25, -0.2) is 4.84 Å². The maximum atomic E-state index is 7.06. The third kappa shape index (κ3) is 3.44. The van der Waals surface area contributed by atoms with E-state index in [-0.39, 0.29) is 11.6 Å². The van der Waals surface area contributed by atoms with Crippen molar-refractivity contribution in [1.82, 2.24) is 10.4 Å². The van der Waals surface area contributed by atoms with Crippen molar-refractivity contribution in [3.63, 3.8) is 0 Å². The summed E-state index contributed by atoms with van der Waals surface area (Å²) < 4.78 is 19.0. The topological polar surface area (TPSA) is 55.5 Å². The monoisotopic (exact) mass is 500 g/mol. The van der Waals surface area contributed by atoms with Crippen LogP contribution in [0.1, 0.15) is 57.4 Å². The molecule has 6 rings (SSSR count). The Bertz CT molecular complexity index is 1280. The summed E-state index contributed by atoms with van der Waals surface area (Å²) in [5, 5.41) is 5.78. The fourth-order valence-corrected chi connectivity index (χ4v) is 6.22. The van der Waals surface area contributed by atoms with Crippen LogP contribution in [0.2, 0.25) is 0 Å². The molecule has 0 aliphatic carbocycles. The molecular weight excluding hydrogens is 464 g/mol. The molecule has 194 valence electrons. The molecule has 0 amide bonds. The second-order valence-electron chi connectivity index (χ2n) is 11.7. The van der Waals surface area contributed by atoms with Crippen molar-refractivity contribution < 1.29 is 19.0 Å². The van der Waals surface area contributed by atoms with Gasteiger partial charge in [0, 0.05) is 5.54 Å². The zero-order valence-corrected chi connectivity index (χ0v) is 22.4. The van der Waals surface area contributed by atoms with Crippen LogP contribution in [-0.2, 0) is 25.5 Å². The lowest BCUT2D eigenvalue weighted by molar-refractivity contribution is -0.416. The van der Waals surface area contributed by atoms with E-state index in [2.05, 4.69) is 106 Å². The van der Waals surface area contributed by atoms with Crippen LogP contribution in [0.15, 0.2) is 84.9 Å². The first-order chi connectivity index (χ1) is 17.6. The van der Waals surface area contributed by atoms with Gasteiger partial charge in [0.05, 0.1) is 25.3 Å². The average molecular weight is 501 g/mol. The molecule has 3 fully saturated rings. The third-order valence-corrected chi connectivity index (χ3v) is 8.31. The average Bonchev–Trinajstić information content (AvgIpc) is 3.45. The number of hydroxylamine groups is 2. The van der Waals surface area contributed by atoms with Gasteiger partial charge in [-0.3, -0.25) is 5.32 Å². The van der Waals surface area contributed by atoms with Gasteiger partial charge < -0.3 is 14.2 Å². The summed E-state index contributed by atoms with van der Waals surface area (Å²) in [7, 11) is 1.69. The molecule has 6 heteroatoms. The highest BCUT2D eigenvalue weighted by Gasteiger charge is 2.87. The van der Waals surface area contributed by atoms with Crippen molar-refractivity contribution in [1.29, 1.82) is 0 Å². The van der Waals surface area contributed by atoms with E-state index in [4.69, 9.17) is 19.0 Å². The Morgan fingerprint density at radius 3 is 2.08 bits per heavy atom. The number of nitrogens with one attached hydrogen (secondary N) is 1. The molecule has 37 heavy (non-hydrogen) atoms. The zero-order chi connectivity index (χ0) is 26.1. The van der Waals surface area contributed by atoms with Crippen LogP contribution in [0, 0.1) is 0 Å². The predicted octanol–water partition coefficient (Wildman–Crippen LogP) is 5.66. The molecule has 0 aromatic heterocycles. The highest BCUT2D eigenvalue weighted by atomic mass is 16.9. The molecule has 3 aromatic carbocycles. The summed E-state index contributed by atoms with van der Waals surface area (Å²) in [5.74, 6) is -0.358. The minimum Gasteiger partial charge on any atom is -0.497 e. The van der Waals surface area contributed by atoms with Crippen LogP contribution in [0.3, 0.4) is 0 Å². The Kier molecular flexibility index (Phi) is 5.40. The number of rotatable bonds is 5. The number of epoxide rings is 1. The maximum absolute atomic E-state index is 7.06. The minimum atomic E-state index is -1.17. The van der Waals surface area contributed by atoms with E-state index in [0.717, 1.165) is 22.4 Å². The van der Waals surface area contributed by atoms with Crippen LogP contribution >= 0.6 is 0 Å². The van der Waals surface area contributed by atoms with E-state index in [1.54, 1.807) is 7.11 Å². The maximum Gasteiger partial charge on any atom is 0.279 e. The number of hydrogen-bond acceptors (Lipinski definition) is 6. The molecule has 3 aliphatic rings. The second kappa shape index (κ2) is 8.13. The Morgan fingerprint density at radius 2 is 1.51 bits per heavy atom. The first kappa shape index (κ1) is 24.6. The van der Waals surface area contributed by atoms with Gasteiger partial charge in [-0.15, -0.1) is 0 Å². The summed E-state index contributed by atoms with van der Waals surface area (Å²) in [6, 6.07) is 28.9. The number of ether oxygens (including phenoxy) is 3. The second-order valence-corrected chi connectivity index (χ2v) is 11.7. The van der Waals surface area contributed by atoms with Crippen molar-refractivity contribution in [2.75, 3.05) is 13.7 Å². The van der Waals surface area contributed by atoms with Crippen molar-refractivity contribution in [2.45, 2.75) is 68.9 Å². The summed E-state index contributed by atoms with van der Waals surface area (Å²) in [6.07, 6.45) is 0. The Balaban J connectivity index is 1.59. The van der Waals surface area contributed by atoms with Gasteiger partial charge in [-0.05, 0) is 63.4 Å². The van der Waals surface area contributed by atoms with Gasteiger partial charge in [0.25, 0.3) is 5.91 Å². The largest absolute Gasteiger partial charge is 0.497 e. The molecule has 1 N–H and O–H groups in total. The van der Waals surface area contributed by atoms with Crippen LogP contribution in [0.5, 0.6) is 5.75 Å². The fourth-order valence-electron chi connectivity index (χ4n) is 6.22. The number of benzene rings is 3. The molecule has 6 nitrogen and oxygen atoms in total. The van der Waals surface area contributed by atoms with Crippen LogP contribution in [-0.4, -0.2) is 35.8 Å². The summed E-state index contributed by atoms with van der Waals surface area (Å²) >= 11 is 0. The summed E-state index contributed by atoms with van der Waals surface area (Å²) in [4.78, 5) is 7.06. The van der Waals surface area contributed by atoms with Crippen molar-refractivity contribution >= 4 is 0 Å². The SMILES string of the molecule is COc1ccc([C@@H]2N(C(C)(C)c3ccccc3)O[C@@]3(NC(C)(C)CO3)[C@@]3(C)O[C@@]23c2ccccc2)cc1. The van der Waals surface area contributed by atoms with Gasteiger partial charge in [0.1, 0.15) is 5.75 Å². The van der Waals surface area contributed by atoms with E-state index in [9.17, 15) is 0 Å². The van der Waals surface area contributed by atoms with Gasteiger partial charge in [-0.2, -0.15) is 5.06 Å². The molecule has 1 spiro atoms. The Morgan fingerprint density at radius 1 is 0.892 bits per heavy atom. The van der Waals surface area contributed by atoms with Crippen molar-refractivity contribution in [3.8, 4) is 5.75 Å². The lowest BCUT2D eigenvalue weighted by Crippen LogP contribution is -2.69. The van der Waals surface area contributed by atoms with E-state index >= 15 is 0 Å². The molecule has 3 aromatic rings. The van der Waals surface area contributed by atoms with Crippen molar-refractivity contribution in [2.24, 2.45) is 0 Å². The molecule has 0 unspecified atom stereocenters. The number of hydrogen-bond donors (Lipinski definition) is 1. The minimum absolute atomic E-state index is 0.277. The summed E-state index contributed by atoms with van der Waals surface area (Å²) in [6.45, 7) is 11.3. The fraction of sp³-hybridized carbons (Fsp3) is 0.419. The number of nitrogens with zero attached hydrogens (tertiary/aromatic N) is 1. The van der Waals surface area contributed by atoms with E-state index in [1.165, 1.54) is 0 Å². The van der Waals surface area contributed by atoms with E-state index in [1.807, 2.05) is 24.3 Å². The summed E-state index contributed by atoms with van der Waals surface area (Å²) in [5.41, 5.74) is 0.949. The van der Waals surface area contributed by atoms with E-state index < -0.39 is 22.7 Å².